The normalized spacial score (nSPS) is 11.0. The summed E-state index contributed by atoms with van der Waals surface area (Å²) in [5, 5.41) is 6.13. The molecule has 0 amide bonds. The largest absolute Gasteiger partial charge is 0.274 e. The minimum Gasteiger partial charge on any atom is -0.267 e. The third-order valence-corrected chi connectivity index (χ3v) is 4.38. The fourth-order valence-electron chi connectivity index (χ4n) is 2.87. The molecule has 128 valence electrons. The van der Waals surface area contributed by atoms with E-state index in [4.69, 9.17) is 11.6 Å². The lowest BCUT2D eigenvalue weighted by Crippen LogP contribution is -2.24. The predicted octanol–water partition coefficient (Wildman–Crippen LogP) is 4.30. The fraction of sp³-hybridized carbons (Fsp3) is 0.0500. The van der Waals surface area contributed by atoms with Gasteiger partial charge in [0.15, 0.2) is 0 Å². The number of pyridine rings is 1. The van der Waals surface area contributed by atoms with Crippen LogP contribution in [0.4, 0.5) is 4.39 Å². The Morgan fingerprint density at radius 3 is 2.42 bits per heavy atom. The molecule has 0 aliphatic heterocycles. The van der Waals surface area contributed by atoms with Gasteiger partial charge < -0.3 is 0 Å². The number of hydrogen-bond donors (Lipinski definition) is 0. The predicted molar refractivity (Wildman–Crippen MR) is 99.7 cm³/mol. The molecule has 0 saturated carbocycles. The zero-order valence-corrected chi connectivity index (χ0v) is 14.3. The Morgan fingerprint density at radius 1 is 0.962 bits per heavy atom. The lowest BCUT2D eigenvalue weighted by molar-refractivity contribution is 0.584. The van der Waals surface area contributed by atoms with Gasteiger partial charge in [-0.3, -0.25) is 4.79 Å². The molecule has 0 fully saturated rings. The highest BCUT2D eigenvalue weighted by Gasteiger charge is 2.15. The number of rotatable bonds is 3. The number of aromatic nitrogens is 3. The first kappa shape index (κ1) is 16.4. The molecule has 4 rings (SSSR count). The van der Waals surface area contributed by atoms with Crippen LogP contribution in [-0.2, 0) is 6.54 Å². The average molecular weight is 366 g/mol. The Balaban J connectivity index is 1.94. The first-order valence-electron chi connectivity index (χ1n) is 7.98. The van der Waals surface area contributed by atoms with E-state index in [1.54, 1.807) is 48.5 Å². The zero-order chi connectivity index (χ0) is 18.1. The highest BCUT2D eigenvalue weighted by molar-refractivity contribution is 6.30. The first-order chi connectivity index (χ1) is 12.6. The summed E-state index contributed by atoms with van der Waals surface area (Å²) in [5.74, 6) is -0.623. The van der Waals surface area contributed by atoms with Crippen LogP contribution in [0.2, 0.25) is 5.02 Å². The van der Waals surface area contributed by atoms with E-state index in [9.17, 15) is 9.18 Å². The van der Waals surface area contributed by atoms with Crippen molar-refractivity contribution in [2.45, 2.75) is 6.54 Å². The summed E-state index contributed by atoms with van der Waals surface area (Å²) >= 11 is 5.91. The zero-order valence-electron chi connectivity index (χ0n) is 13.6. The second kappa shape index (κ2) is 6.69. The molecule has 0 aliphatic carbocycles. The molecule has 0 radical (unpaired) electrons. The molecule has 0 N–H and O–H groups in total. The van der Waals surface area contributed by atoms with Crippen molar-refractivity contribution < 1.29 is 4.39 Å². The number of hydrogen-bond acceptors (Lipinski definition) is 3. The van der Waals surface area contributed by atoms with Crippen LogP contribution in [-0.4, -0.2) is 14.8 Å². The number of benzene rings is 2. The third-order valence-electron chi connectivity index (χ3n) is 4.13. The molecule has 6 heteroatoms. The van der Waals surface area contributed by atoms with E-state index in [0.29, 0.717) is 21.5 Å². The van der Waals surface area contributed by atoms with Gasteiger partial charge in [-0.1, -0.05) is 41.9 Å². The van der Waals surface area contributed by atoms with Gasteiger partial charge in [0.1, 0.15) is 5.69 Å². The molecule has 2 aromatic heterocycles. The van der Waals surface area contributed by atoms with E-state index in [2.05, 4.69) is 10.1 Å². The van der Waals surface area contributed by atoms with Crippen LogP contribution in [0.5, 0.6) is 0 Å². The molecular weight excluding hydrogens is 353 g/mol. The summed E-state index contributed by atoms with van der Waals surface area (Å²) in [4.78, 5) is 16.5. The van der Waals surface area contributed by atoms with Crippen LogP contribution in [0.25, 0.3) is 22.0 Å². The number of halogens is 2. The van der Waals surface area contributed by atoms with Crippen LogP contribution in [0.1, 0.15) is 5.56 Å². The lowest BCUT2D eigenvalue weighted by Gasteiger charge is -2.11. The maximum Gasteiger partial charge on any atom is 0.274 e. The van der Waals surface area contributed by atoms with E-state index in [0.717, 1.165) is 5.56 Å². The molecule has 0 spiro atoms. The van der Waals surface area contributed by atoms with Crippen molar-refractivity contribution in [3.63, 3.8) is 0 Å². The monoisotopic (exact) mass is 365 g/mol. The van der Waals surface area contributed by atoms with Crippen molar-refractivity contribution in [3.8, 4) is 11.3 Å². The minimum atomic E-state index is -0.623. The maximum absolute atomic E-state index is 14.3. The Hall–Kier alpha value is -3.05. The van der Waals surface area contributed by atoms with E-state index < -0.39 is 5.95 Å². The Labute approximate surface area is 153 Å². The smallest absolute Gasteiger partial charge is 0.267 e. The van der Waals surface area contributed by atoms with E-state index in [-0.39, 0.29) is 17.7 Å². The Bertz CT molecular complexity index is 1160. The third kappa shape index (κ3) is 2.97. The highest BCUT2D eigenvalue weighted by Crippen LogP contribution is 2.26. The Morgan fingerprint density at radius 2 is 1.69 bits per heavy atom. The molecule has 0 unspecified atom stereocenters. The van der Waals surface area contributed by atoms with Crippen LogP contribution in [0.15, 0.2) is 71.7 Å². The summed E-state index contributed by atoms with van der Waals surface area (Å²) in [5.41, 5.74) is 1.29. The topological polar surface area (TPSA) is 47.8 Å². The molecule has 4 aromatic rings. The van der Waals surface area contributed by atoms with E-state index in [1.165, 1.54) is 10.9 Å². The first-order valence-corrected chi connectivity index (χ1v) is 8.36. The molecule has 0 aliphatic rings. The van der Waals surface area contributed by atoms with Crippen LogP contribution in [0.3, 0.4) is 0 Å². The van der Waals surface area contributed by atoms with Crippen LogP contribution in [0, 0.1) is 5.95 Å². The molecule has 4 nitrogen and oxygen atoms in total. The van der Waals surface area contributed by atoms with Gasteiger partial charge in [-0.05, 0) is 35.9 Å². The lowest BCUT2D eigenvalue weighted by atomic mass is 10.1. The minimum absolute atomic E-state index is 0.233. The fourth-order valence-corrected chi connectivity index (χ4v) is 2.99. The SMILES string of the molecule is O=c1c2ccccc2c(-c2cccnc2F)nn1Cc1ccc(Cl)cc1. The van der Waals surface area contributed by atoms with Crippen molar-refractivity contribution in [1.82, 2.24) is 14.8 Å². The second-order valence-corrected chi connectivity index (χ2v) is 6.26. The van der Waals surface area contributed by atoms with Crippen LogP contribution < -0.4 is 5.56 Å². The van der Waals surface area contributed by atoms with E-state index >= 15 is 0 Å². The summed E-state index contributed by atoms with van der Waals surface area (Å²) < 4.78 is 15.6. The van der Waals surface area contributed by atoms with Gasteiger partial charge in [-0.15, -0.1) is 0 Å². The summed E-state index contributed by atoms with van der Waals surface area (Å²) in [7, 11) is 0. The van der Waals surface area contributed by atoms with Gasteiger partial charge in [0.05, 0.1) is 17.5 Å². The van der Waals surface area contributed by atoms with Gasteiger partial charge in [0, 0.05) is 16.6 Å². The second-order valence-electron chi connectivity index (χ2n) is 5.83. The average Bonchev–Trinajstić information content (AvgIpc) is 2.66. The van der Waals surface area contributed by atoms with Gasteiger partial charge in [0.25, 0.3) is 5.56 Å². The summed E-state index contributed by atoms with van der Waals surface area (Å²) in [6, 6.07) is 17.5. The Kier molecular flexibility index (Phi) is 4.22. The molecule has 0 bridgehead atoms. The van der Waals surface area contributed by atoms with Gasteiger partial charge in [-0.25, -0.2) is 9.67 Å². The summed E-state index contributed by atoms with van der Waals surface area (Å²) in [6.45, 7) is 0.260. The summed E-state index contributed by atoms with van der Waals surface area (Å²) in [6.07, 6.45) is 1.38. The molecule has 0 atom stereocenters. The molecular formula is C20H13ClFN3O. The molecule has 26 heavy (non-hydrogen) atoms. The standard InChI is InChI=1S/C20H13ClFN3O/c21-14-9-7-13(8-10-14)12-25-20(26)16-5-2-1-4-15(16)18(24-25)17-6-3-11-23-19(17)22/h1-11H,12H2. The molecule has 2 heterocycles. The van der Waals surface area contributed by atoms with E-state index in [1.807, 2.05) is 12.1 Å². The quantitative estimate of drug-likeness (QED) is 0.508. The molecule has 0 saturated heterocycles. The van der Waals surface area contributed by atoms with Gasteiger partial charge in [-0.2, -0.15) is 9.49 Å². The highest BCUT2D eigenvalue weighted by atomic mass is 35.5. The van der Waals surface area contributed by atoms with Crippen molar-refractivity contribution in [1.29, 1.82) is 0 Å². The maximum atomic E-state index is 14.3. The molecule has 2 aromatic carbocycles. The van der Waals surface area contributed by atoms with Gasteiger partial charge >= 0.3 is 0 Å². The number of nitrogens with zero attached hydrogens (tertiary/aromatic N) is 3. The van der Waals surface area contributed by atoms with Gasteiger partial charge in [0.2, 0.25) is 5.95 Å². The van der Waals surface area contributed by atoms with Crippen LogP contribution >= 0.6 is 11.6 Å². The van der Waals surface area contributed by atoms with Crippen molar-refractivity contribution >= 4 is 22.4 Å². The van der Waals surface area contributed by atoms with Crippen molar-refractivity contribution in [2.75, 3.05) is 0 Å². The number of fused-ring (bicyclic) bond motifs is 1. The van der Waals surface area contributed by atoms with Crippen molar-refractivity contribution in [2.24, 2.45) is 0 Å². The van der Waals surface area contributed by atoms with Crippen molar-refractivity contribution in [3.05, 3.63) is 93.7 Å².